The lowest BCUT2D eigenvalue weighted by molar-refractivity contribution is -0.117. The molecule has 4 heterocycles. The van der Waals surface area contributed by atoms with Gasteiger partial charge in [0.2, 0.25) is 0 Å². The summed E-state index contributed by atoms with van der Waals surface area (Å²) in [5, 5.41) is 0. The molecule has 0 saturated heterocycles. The molecule has 322 valence electrons. The highest BCUT2D eigenvalue weighted by atomic mass is 16.5. The number of amides is 2. The summed E-state index contributed by atoms with van der Waals surface area (Å²) in [4.78, 5) is 48.4. The smallest absolute Gasteiger partial charge is 0.261 e. The molecule has 2 atom stereocenters. The summed E-state index contributed by atoms with van der Waals surface area (Å²) in [6.07, 6.45) is 12.2. The lowest BCUT2D eigenvalue weighted by Crippen LogP contribution is -2.37. The zero-order valence-corrected chi connectivity index (χ0v) is 35.9. The van der Waals surface area contributed by atoms with Gasteiger partial charge in [-0.05, 0) is 122 Å². The van der Waals surface area contributed by atoms with E-state index in [0.717, 1.165) is 71.3 Å². The quantitative estimate of drug-likeness (QED) is 0.0802. The van der Waals surface area contributed by atoms with E-state index in [1.807, 2.05) is 88.8 Å². The number of ether oxygens (including phenoxy) is 5. The first-order valence-corrected chi connectivity index (χ1v) is 21.8. The molecular weight excluding hydrogens is 795 g/mol. The van der Waals surface area contributed by atoms with Crippen LogP contribution in [0.15, 0.2) is 108 Å². The van der Waals surface area contributed by atoms with Crippen LogP contribution in [0.4, 0.5) is 17.1 Å². The molecule has 11 heteroatoms. The number of unbranched alkanes of at least 4 members (excludes halogenated alkanes) is 1. The predicted octanol–water partition coefficient (Wildman–Crippen LogP) is 9.75. The number of benzene rings is 5. The number of nitrogens with zero attached hydrogens (tertiary/aromatic N) is 3. The summed E-state index contributed by atoms with van der Waals surface area (Å²) in [7, 11) is 3.14. The Bertz CT molecular complexity index is 2630. The Labute approximate surface area is 367 Å². The molecule has 0 bridgehead atoms. The molecule has 0 saturated carbocycles. The fourth-order valence-electron chi connectivity index (χ4n) is 9.06. The number of ketones is 1. The van der Waals surface area contributed by atoms with Gasteiger partial charge in [-0.2, -0.15) is 0 Å². The standard InChI is InChI=1S/C52H51N3O8/c1-33(56)13-11-12-20-61-41-22-34(31-62-49-26-36-14-5-4-6-17-39-24-37-15-7-9-18-45(37)54(39)51(57)42(36)27-47(49)59-2)21-35(23-41)32-63-50-29-44-43(28-48(50)60-3)52(58)55-40(30-53-44)25-38-16-8-10-19-46(38)55/h6-10,15-19,21-23,26-30,39-40H,4-5,11-14,20,24-25,31-32H2,1-3H3. The van der Waals surface area contributed by atoms with Crippen molar-refractivity contribution in [2.45, 2.75) is 83.6 Å². The van der Waals surface area contributed by atoms with Crippen LogP contribution in [0.3, 0.4) is 0 Å². The van der Waals surface area contributed by atoms with E-state index in [9.17, 15) is 14.4 Å². The van der Waals surface area contributed by atoms with Gasteiger partial charge in [-0.25, -0.2) is 0 Å². The predicted molar refractivity (Wildman–Crippen MR) is 243 cm³/mol. The highest BCUT2D eigenvalue weighted by Crippen LogP contribution is 2.42. The zero-order valence-electron chi connectivity index (χ0n) is 35.9. The number of methoxy groups -OCH3 is 2. The van der Waals surface area contributed by atoms with E-state index in [1.165, 1.54) is 0 Å². The van der Waals surface area contributed by atoms with Crippen LogP contribution in [0.1, 0.15) is 87.6 Å². The summed E-state index contributed by atoms with van der Waals surface area (Å²) in [6, 6.07) is 29.0. The van der Waals surface area contributed by atoms with Gasteiger partial charge in [-0.3, -0.25) is 19.5 Å². The lowest BCUT2D eigenvalue weighted by atomic mass is 9.98. The maximum absolute atomic E-state index is 14.4. The molecule has 0 aliphatic carbocycles. The minimum Gasteiger partial charge on any atom is -0.494 e. The largest absolute Gasteiger partial charge is 0.494 e. The third-order valence-electron chi connectivity index (χ3n) is 12.2. The Balaban J connectivity index is 0.964. The number of fused-ring (bicyclic) bond motifs is 8. The molecule has 5 aromatic carbocycles. The number of carbonyl (C=O) groups is 3. The second kappa shape index (κ2) is 18.2. The molecule has 4 aliphatic heterocycles. The van der Waals surface area contributed by atoms with Crippen LogP contribution >= 0.6 is 0 Å². The molecule has 0 radical (unpaired) electrons. The first-order chi connectivity index (χ1) is 30.8. The van der Waals surface area contributed by atoms with Crippen molar-refractivity contribution in [1.82, 2.24) is 0 Å². The van der Waals surface area contributed by atoms with E-state index >= 15 is 0 Å². The maximum Gasteiger partial charge on any atom is 0.261 e. The van der Waals surface area contributed by atoms with E-state index in [-0.39, 0.29) is 42.9 Å². The van der Waals surface area contributed by atoms with Gasteiger partial charge in [0.1, 0.15) is 24.7 Å². The van der Waals surface area contributed by atoms with E-state index in [1.54, 1.807) is 33.3 Å². The Morgan fingerprint density at radius 2 is 1.30 bits per heavy atom. The molecule has 63 heavy (non-hydrogen) atoms. The fourth-order valence-corrected chi connectivity index (χ4v) is 9.06. The van der Waals surface area contributed by atoms with Crippen LogP contribution in [0.5, 0.6) is 28.7 Å². The second-order valence-corrected chi connectivity index (χ2v) is 16.5. The molecular formula is C52H51N3O8. The van der Waals surface area contributed by atoms with Gasteiger partial charge in [-0.15, -0.1) is 0 Å². The molecule has 2 amide bonds. The molecule has 0 N–H and O–H groups in total. The summed E-state index contributed by atoms with van der Waals surface area (Å²) in [5.74, 6) is 2.48. The van der Waals surface area contributed by atoms with Gasteiger partial charge in [0.25, 0.3) is 11.8 Å². The first-order valence-electron chi connectivity index (χ1n) is 21.8. The van der Waals surface area contributed by atoms with E-state index in [0.29, 0.717) is 71.4 Å². The average Bonchev–Trinajstić information content (AvgIpc) is 3.82. The van der Waals surface area contributed by atoms with Crippen molar-refractivity contribution in [3.63, 3.8) is 0 Å². The average molecular weight is 846 g/mol. The molecule has 2 unspecified atom stereocenters. The van der Waals surface area contributed by atoms with Gasteiger partial charge in [0.15, 0.2) is 23.0 Å². The Hall–Kier alpha value is -6.88. The van der Waals surface area contributed by atoms with Crippen molar-refractivity contribution in [3.05, 3.63) is 142 Å². The van der Waals surface area contributed by atoms with Crippen molar-refractivity contribution in [3.8, 4) is 28.7 Å². The van der Waals surface area contributed by atoms with Crippen LogP contribution in [0.25, 0.3) is 0 Å². The number of hydrogen-bond acceptors (Lipinski definition) is 9. The second-order valence-electron chi connectivity index (χ2n) is 16.5. The number of rotatable bonds is 14. The van der Waals surface area contributed by atoms with Crippen molar-refractivity contribution in [2.24, 2.45) is 4.99 Å². The van der Waals surface area contributed by atoms with Crippen LogP contribution < -0.4 is 33.5 Å². The van der Waals surface area contributed by atoms with E-state index in [2.05, 4.69) is 18.2 Å². The Kier molecular flexibility index (Phi) is 12.0. The fraction of sp³-hybridized carbons (Fsp3) is 0.308. The summed E-state index contributed by atoms with van der Waals surface area (Å²) >= 11 is 0. The maximum atomic E-state index is 14.4. The molecule has 11 nitrogen and oxygen atoms in total. The number of para-hydroxylation sites is 2. The van der Waals surface area contributed by atoms with Crippen molar-refractivity contribution in [2.75, 3.05) is 30.6 Å². The number of anilines is 2. The van der Waals surface area contributed by atoms with Crippen molar-refractivity contribution >= 4 is 40.9 Å². The number of aryl methyl sites for hydroxylation is 1. The number of Topliss-reactive ketones (excluding diaryl/α,β-unsaturated/α-hetero) is 1. The third kappa shape index (κ3) is 8.65. The van der Waals surface area contributed by atoms with Crippen molar-refractivity contribution in [1.29, 1.82) is 0 Å². The molecule has 0 spiro atoms. The lowest BCUT2D eigenvalue weighted by Gasteiger charge is -2.26. The van der Waals surface area contributed by atoms with Gasteiger partial charge < -0.3 is 33.4 Å². The summed E-state index contributed by atoms with van der Waals surface area (Å²) in [5.41, 5.74) is 8.25. The molecule has 0 fully saturated rings. The molecule has 0 aromatic heterocycles. The van der Waals surface area contributed by atoms with Crippen molar-refractivity contribution < 1.29 is 38.1 Å². The van der Waals surface area contributed by atoms with Crippen LogP contribution in [0, 0.1) is 0 Å². The van der Waals surface area contributed by atoms with Gasteiger partial charge in [-0.1, -0.05) is 48.6 Å². The number of hydrogen-bond donors (Lipinski definition) is 0. The van der Waals surface area contributed by atoms with Crippen LogP contribution in [-0.2, 0) is 37.3 Å². The third-order valence-corrected chi connectivity index (χ3v) is 12.2. The highest BCUT2D eigenvalue weighted by molar-refractivity contribution is 6.15. The number of aliphatic imine (C=N–C) groups is 1. The molecule has 9 rings (SSSR count). The van der Waals surface area contributed by atoms with Crippen LogP contribution in [0.2, 0.25) is 0 Å². The minimum absolute atomic E-state index is 0.0446. The Morgan fingerprint density at radius 1 is 0.683 bits per heavy atom. The summed E-state index contributed by atoms with van der Waals surface area (Å²) in [6.45, 7) is 2.38. The number of carbonyl (C=O) groups excluding carboxylic acids is 3. The first kappa shape index (κ1) is 41.5. The Morgan fingerprint density at radius 3 is 1.98 bits per heavy atom. The zero-order chi connectivity index (χ0) is 43.5. The monoisotopic (exact) mass is 845 g/mol. The minimum atomic E-state index is -0.177. The normalized spacial score (nSPS) is 17.1. The molecule has 5 aromatic rings. The van der Waals surface area contributed by atoms with Crippen LogP contribution in [-0.4, -0.2) is 56.7 Å². The van der Waals surface area contributed by atoms with E-state index < -0.39 is 0 Å². The topological polar surface area (TPSA) is 116 Å². The highest BCUT2D eigenvalue weighted by Gasteiger charge is 2.37. The molecule has 4 aliphatic rings. The van der Waals surface area contributed by atoms with Gasteiger partial charge >= 0.3 is 0 Å². The van der Waals surface area contributed by atoms with E-state index in [4.69, 9.17) is 28.7 Å². The van der Waals surface area contributed by atoms with Gasteiger partial charge in [0, 0.05) is 42.1 Å². The SMILES string of the molecule is COc1cc2c(cc1OCc1cc(COc3cc4c(cc3OC)C(=O)N3c5ccccc5CC3C=N4)cc(OCCCCC(C)=O)c1)CCCC=CC1Cc3ccccc3N1C2=O. The van der Waals surface area contributed by atoms with Gasteiger partial charge in [0.05, 0.1) is 44.2 Å². The summed E-state index contributed by atoms with van der Waals surface area (Å²) < 4.78 is 30.9. The number of allylic oxidation sites excluding steroid dienone is 1.